The number of hydrogen-bond acceptors (Lipinski definition) is 9. The topological polar surface area (TPSA) is 184 Å². The lowest BCUT2D eigenvalue weighted by atomic mass is 9.94. The van der Waals surface area contributed by atoms with Gasteiger partial charge >= 0.3 is 5.97 Å². The zero-order chi connectivity index (χ0) is 17.1. The van der Waals surface area contributed by atoms with Gasteiger partial charge in [-0.1, -0.05) is 5.21 Å². The molecule has 1 aromatic rings. The third-order valence-electron chi connectivity index (χ3n) is 3.73. The van der Waals surface area contributed by atoms with Crippen LogP contribution in [0.4, 0.5) is 0 Å². The van der Waals surface area contributed by atoms with Gasteiger partial charge in [0, 0.05) is 6.54 Å². The summed E-state index contributed by atoms with van der Waals surface area (Å²) in [6.45, 7) is -0.346. The fraction of sp³-hybridized carbons (Fsp3) is 0.750. The molecule has 130 valence electrons. The molecule has 1 aliphatic heterocycles. The van der Waals surface area contributed by atoms with Crippen molar-refractivity contribution in [1.82, 2.24) is 15.0 Å². The van der Waals surface area contributed by atoms with Gasteiger partial charge in [0.2, 0.25) is 0 Å². The summed E-state index contributed by atoms with van der Waals surface area (Å²) < 4.78 is 6.68. The third kappa shape index (κ3) is 3.83. The molecule has 0 bridgehead atoms. The maximum absolute atomic E-state index is 10.7. The van der Waals surface area contributed by atoms with E-state index in [1.54, 1.807) is 0 Å². The lowest BCUT2D eigenvalue weighted by Crippen LogP contribution is -2.55. The third-order valence-corrected chi connectivity index (χ3v) is 3.73. The lowest BCUT2D eigenvalue weighted by molar-refractivity contribution is -0.232. The standard InChI is InChI=1S/C12H20N4O7/c13-5(12(21)22)1-2-16-3-6(14-15-16)11-10(20)9(19)8(18)7(4-17)23-11/h3,5,7-11,17-20H,1-2,4,13H2,(H,21,22)/t5?,7-,8+,9+,10-,11+/m1/s1. The van der Waals surface area contributed by atoms with Crippen LogP contribution in [0.25, 0.3) is 0 Å². The zero-order valence-electron chi connectivity index (χ0n) is 12.1. The molecule has 0 aliphatic carbocycles. The molecule has 6 atom stereocenters. The Kier molecular flexibility index (Phi) is 5.62. The van der Waals surface area contributed by atoms with Gasteiger partial charge in [0.1, 0.15) is 42.3 Å². The molecule has 0 amide bonds. The maximum Gasteiger partial charge on any atom is 0.320 e. The normalized spacial score (nSPS) is 32.7. The van der Waals surface area contributed by atoms with Crippen LogP contribution in [0, 0.1) is 0 Å². The van der Waals surface area contributed by atoms with Crippen molar-refractivity contribution in [3.05, 3.63) is 11.9 Å². The molecule has 23 heavy (non-hydrogen) atoms. The molecule has 0 aromatic carbocycles. The molecular formula is C12H20N4O7. The van der Waals surface area contributed by atoms with Crippen molar-refractivity contribution in [3.8, 4) is 0 Å². The summed E-state index contributed by atoms with van der Waals surface area (Å²) in [5.41, 5.74) is 5.58. The average Bonchev–Trinajstić information content (AvgIpc) is 2.99. The monoisotopic (exact) mass is 332 g/mol. The molecular weight excluding hydrogens is 312 g/mol. The summed E-state index contributed by atoms with van der Waals surface area (Å²) in [5, 5.41) is 54.9. The molecule has 1 aliphatic rings. The van der Waals surface area contributed by atoms with E-state index in [2.05, 4.69) is 10.3 Å². The highest BCUT2D eigenvalue weighted by Crippen LogP contribution is 2.31. The van der Waals surface area contributed by atoms with Crippen LogP contribution in [0.3, 0.4) is 0 Å². The fourth-order valence-electron chi connectivity index (χ4n) is 2.29. The second-order valence-corrected chi connectivity index (χ2v) is 5.39. The zero-order valence-corrected chi connectivity index (χ0v) is 12.1. The molecule has 2 rings (SSSR count). The summed E-state index contributed by atoms with van der Waals surface area (Å²) in [5.74, 6) is -1.13. The highest BCUT2D eigenvalue weighted by atomic mass is 16.5. The smallest absolute Gasteiger partial charge is 0.320 e. The first-order valence-electron chi connectivity index (χ1n) is 7.04. The SMILES string of the molecule is NC(CCn1cc([C@@H]2O[C@H](CO)[C@H](O)[C@H](O)[C@H]2O)nn1)C(=O)O. The first-order chi connectivity index (χ1) is 10.8. The van der Waals surface area contributed by atoms with Crippen molar-refractivity contribution >= 4 is 5.97 Å². The minimum atomic E-state index is -1.50. The highest BCUT2D eigenvalue weighted by molar-refractivity contribution is 5.72. The predicted molar refractivity (Wildman–Crippen MR) is 73.0 cm³/mol. The molecule has 1 unspecified atom stereocenters. The van der Waals surface area contributed by atoms with Gasteiger partial charge in [-0.25, -0.2) is 0 Å². The minimum absolute atomic E-state index is 0.132. The minimum Gasteiger partial charge on any atom is -0.480 e. The second kappa shape index (κ2) is 7.29. The van der Waals surface area contributed by atoms with Gasteiger partial charge in [0.15, 0.2) is 0 Å². The number of hydrogen-bond donors (Lipinski definition) is 6. The van der Waals surface area contributed by atoms with Crippen LogP contribution in [-0.2, 0) is 16.1 Å². The van der Waals surface area contributed by atoms with E-state index < -0.39 is 49.1 Å². The van der Waals surface area contributed by atoms with Crippen LogP contribution in [0.2, 0.25) is 0 Å². The molecule has 0 radical (unpaired) electrons. The summed E-state index contributed by atoms with van der Waals surface area (Å²) in [6, 6.07) is -1.03. The van der Waals surface area contributed by atoms with Gasteiger partial charge in [-0.2, -0.15) is 0 Å². The molecule has 0 saturated carbocycles. The largest absolute Gasteiger partial charge is 0.480 e. The van der Waals surface area contributed by atoms with Crippen LogP contribution >= 0.6 is 0 Å². The Morgan fingerprint density at radius 3 is 2.65 bits per heavy atom. The first kappa shape index (κ1) is 17.7. The number of carboxylic acid groups (broad SMARTS) is 1. The van der Waals surface area contributed by atoms with Gasteiger partial charge in [0.05, 0.1) is 12.8 Å². The van der Waals surface area contributed by atoms with Gasteiger partial charge in [-0.3, -0.25) is 9.48 Å². The number of rotatable bonds is 6. The Balaban J connectivity index is 2.05. The number of aliphatic hydroxyl groups is 4. The number of aliphatic hydroxyl groups excluding tert-OH is 4. The molecule has 11 heteroatoms. The van der Waals surface area contributed by atoms with E-state index in [1.165, 1.54) is 10.9 Å². The molecule has 1 aromatic heterocycles. The number of aryl methyl sites for hydroxylation is 1. The Bertz CT molecular complexity index is 537. The summed E-state index contributed by atoms with van der Waals surface area (Å²) in [6.07, 6.45) is -4.96. The first-order valence-corrected chi connectivity index (χ1v) is 7.04. The van der Waals surface area contributed by atoms with E-state index in [9.17, 15) is 20.1 Å². The number of aliphatic carboxylic acids is 1. The van der Waals surface area contributed by atoms with Gasteiger partial charge in [-0.15, -0.1) is 5.10 Å². The average molecular weight is 332 g/mol. The maximum atomic E-state index is 10.7. The number of nitrogens with zero attached hydrogens (tertiary/aromatic N) is 3. The Morgan fingerprint density at radius 2 is 2.04 bits per heavy atom. The predicted octanol–water partition coefficient (Wildman–Crippen LogP) is -3.40. The van der Waals surface area contributed by atoms with Crippen molar-refractivity contribution in [2.24, 2.45) is 5.73 Å². The van der Waals surface area contributed by atoms with Crippen LogP contribution < -0.4 is 5.73 Å². The van der Waals surface area contributed by atoms with E-state index >= 15 is 0 Å². The van der Waals surface area contributed by atoms with Crippen LogP contribution in [-0.4, -0.2) is 83.6 Å². The van der Waals surface area contributed by atoms with Crippen molar-refractivity contribution in [2.45, 2.75) is 49.5 Å². The fourth-order valence-corrected chi connectivity index (χ4v) is 2.29. The van der Waals surface area contributed by atoms with E-state index in [4.69, 9.17) is 20.7 Å². The van der Waals surface area contributed by atoms with Gasteiger partial charge < -0.3 is 36.0 Å². The number of ether oxygens (including phenoxy) is 1. The van der Waals surface area contributed by atoms with Crippen LogP contribution in [0.15, 0.2) is 6.20 Å². The lowest BCUT2D eigenvalue weighted by Gasteiger charge is -2.39. The van der Waals surface area contributed by atoms with Gasteiger partial charge in [0.25, 0.3) is 0 Å². The van der Waals surface area contributed by atoms with Crippen LogP contribution in [0.5, 0.6) is 0 Å². The molecule has 1 fully saturated rings. The molecule has 2 heterocycles. The van der Waals surface area contributed by atoms with Crippen molar-refractivity contribution < 1.29 is 35.1 Å². The van der Waals surface area contributed by atoms with Gasteiger partial charge in [-0.05, 0) is 6.42 Å². The van der Waals surface area contributed by atoms with Crippen LogP contribution in [0.1, 0.15) is 18.2 Å². The summed E-state index contributed by atoms with van der Waals surface area (Å²) in [4.78, 5) is 10.7. The summed E-state index contributed by atoms with van der Waals surface area (Å²) >= 11 is 0. The quantitative estimate of drug-likeness (QED) is 0.307. The van der Waals surface area contributed by atoms with E-state index in [-0.39, 0.29) is 18.7 Å². The number of aromatic nitrogens is 3. The highest BCUT2D eigenvalue weighted by Gasteiger charge is 2.45. The number of carboxylic acids is 1. The second-order valence-electron chi connectivity index (χ2n) is 5.39. The summed E-state index contributed by atoms with van der Waals surface area (Å²) in [7, 11) is 0. The number of nitrogens with two attached hydrogens (primary N) is 1. The molecule has 1 saturated heterocycles. The molecule has 7 N–H and O–H groups in total. The van der Waals surface area contributed by atoms with E-state index in [0.717, 1.165) is 0 Å². The van der Waals surface area contributed by atoms with E-state index in [1.807, 2.05) is 0 Å². The Hall–Kier alpha value is -1.63. The Labute approximate surface area is 130 Å². The van der Waals surface area contributed by atoms with E-state index in [0.29, 0.717) is 0 Å². The van der Waals surface area contributed by atoms with Crippen molar-refractivity contribution in [2.75, 3.05) is 6.61 Å². The van der Waals surface area contributed by atoms with Crippen molar-refractivity contribution in [3.63, 3.8) is 0 Å². The number of carbonyl (C=O) groups is 1. The van der Waals surface area contributed by atoms with Crippen molar-refractivity contribution in [1.29, 1.82) is 0 Å². The molecule has 0 spiro atoms. The Morgan fingerprint density at radius 1 is 1.35 bits per heavy atom. The molecule has 11 nitrogen and oxygen atoms in total.